The third kappa shape index (κ3) is 15.3. The van der Waals surface area contributed by atoms with Crippen LogP contribution in [0.25, 0.3) is 0 Å². The zero-order valence-electron chi connectivity index (χ0n) is 37.1. The van der Waals surface area contributed by atoms with Gasteiger partial charge in [-0.2, -0.15) is 0 Å². The lowest BCUT2D eigenvalue weighted by Gasteiger charge is -2.39. The Hall–Kier alpha value is -2.92. The number of aliphatic hydroxyl groups excluding tert-OH is 1. The molecule has 0 radical (unpaired) electrons. The first-order valence-electron chi connectivity index (χ1n) is 22.4. The van der Waals surface area contributed by atoms with Crippen LogP contribution in [-0.4, -0.2) is 89.0 Å². The lowest BCUT2D eigenvalue weighted by atomic mass is 9.80. The first-order valence-corrected chi connectivity index (χ1v) is 22.4. The number of Topliss-reactive ketones (excluding diaryl/α,β-unsaturated/α-hetero) is 2. The Balaban J connectivity index is 1.62. The number of allylic oxidation sites excluding steroid dienone is 7. The van der Waals surface area contributed by atoms with Gasteiger partial charge in [0.05, 0.1) is 18.8 Å². The lowest BCUT2D eigenvalue weighted by molar-refractivity contribution is -0.241. The number of hydrogen-bond donors (Lipinski definition) is 2. The molecule has 0 aromatic heterocycles. The van der Waals surface area contributed by atoms with Crippen LogP contribution in [-0.2, 0) is 33.4 Å². The van der Waals surface area contributed by atoms with Crippen molar-refractivity contribution in [2.75, 3.05) is 20.3 Å². The second-order valence-electron chi connectivity index (χ2n) is 17.8. The molecule has 2 heterocycles. The molecule has 0 aromatic rings. The van der Waals surface area contributed by atoms with Crippen molar-refractivity contribution in [2.24, 2.45) is 29.6 Å². The molecular formula is C48H77NO9. The maximum absolute atomic E-state index is 14.0. The van der Waals surface area contributed by atoms with Crippen molar-refractivity contribution in [3.8, 4) is 0 Å². The van der Waals surface area contributed by atoms with Crippen LogP contribution >= 0.6 is 0 Å². The number of methoxy groups -OCH3 is 1. The van der Waals surface area contributed by atoms with E-state index in [0.717, 1.165) is 44.1 Å². The number of aliphatic hydroxyl groups is 2. The molecule has 0 spiro atoms. The topological polar surface area (TPSA) is 140 Å². The minimum atomic E-state index is -2.19. The number of esters is 1. The second kappa shape index (κ2) is 25.0. The number of ether oxygens (including phenoxy) is 3. The Morgan fingerprint density at radius 1 is 0.983 bits per heavy atom. The quantitative estimate of drug-likeness (QED) is 0.0361. The summed E-state index contributed by atoms with van der Waals surface area (Å²) in [5, 5.41) is 22.1. The molecule has 10 nitrogen and oxygen atoms in total. The standard InChI is InChI=1S/C48H77NO9/c1-9-33(2)19-11-10-12-20-34(3)29-36(5)43(51)32-42(50)35(4)21-13-14-26-44(37(6)30-39-23-17-24-40(31-39)56-8)58-47(54)41-25-15-16-27-49(41)46(53)45(52)48(55)38(7)22-18-28-57-48/h10-12,19-21,34,36-42,44,50,55H,9,13-18,22-32H2,1-8H3/b11-10+,20-12+,33-19+,35-21+/t34-,36?,37-,38?,39?,40?,41?,42?,44+,48?/m1/s1. The van der Waals surface area contributed by atoms with E-state index in [1.807, 2.05) is 38.2 Å². The van der Waals surface area contributed by atoms with Gasteiger partial charge in [0, 0.05) is 31.9 Å². The largest absolute Gasteiger partial charge is 0.461 e. The van der Waals surface area contributed by atoms with Gasteiger partial charge < -0.3 is 29.3 Å². The number of nitrogens with zero attached hydrogens (tertiary/aromatic N) is 1. The van der Waals surface area contributed by atoms with E-state index in [1.54, 1.807) is 14.0 Å². The first-order chi connectivity index (χ1) is 27.6. The lowest BCUT2D eigenvalue weighted by Crippen LogP contribution is -2.59. The van der Waals surface area contributed by atoms with Crippen LogP contribution in [0.5, 0.6) is 0 Å². The summed E-state index contributed by atoms with van der Waals surface area (Å²) in [5.74, 6) is -4.56. The maximum Gasteiger partial charge on any atom is 0.329 e. The van der Waals surface area contributed by atoms with Gasteiger partial charge in [0.1, 0.15) is 17.9 Å². The molecule has 2 saturated heterocycles. The fraction of sp³-hybridized carbons (Fsp3) is 0.750. The number of amides is 1. The van der Waals surface area contributed by atoms with E-state index in [2.05, 4.69) is 39.8 Å². The Labute approximate surface area is 349 Å². The molecule has 10 heteroatoms. The summed E-state index contributed by atoms with van der Waals surface area (Å²) >= 11 is 0. The van der Waals surface area contributed by atoms with E-state index in [0.29, 0.717) is 63.7 Å². The minimum Gasteiger partial charge on any atom is -0.461 e. The van der Waals surface area contributed by atoms with Crippen molar-refractivity contribution in [1.82, 2.24) is 4.90 Å². The van der Waals surface area contributed by atoms with Gasteiger partial charge in [-0.1, -0.05) is 89.5 Å². The van der Waals surface area contributed by atoms with Crippen LogP contribution < -0.4 is 0 Å². The summed E-state index contributed by atoms with van der Waals surface area (Å²) in [6.07, 6.45) is 23.1. The zero-order valence-corrected chi connectivity index (χ0v) is 37.1. The highest BCUT2D eigenvalue weighted by Crippen LogP contribution is 2.35. The fourth-order valence-corrected chi connectivity index (χ4v) is 8.74. The van der Waals surface area contributed by atoms with Crippen molar-refractivity contribution in [3.05, 3.63) is 47.6 Å². The highest BCUT2D eigenvalue weighted by molar-refractivity contribution is 6.39. The van der Waals surface area contributed by atoms with Crippen molar-refractivity contribution in [3.63, 3.8) is 0 Å². The predicted molar refractivity (Wildman–Crippen MR) is 229 cm³/mol. The molecule has 58 heavy (non-hydrogen) atoms. The van der Waals surface area contributed by atoms with Gasteiger partial charge in [-0.15, -0.1) is 0 Å². The number of rotatable bonds is 22. The average molecular weight is 812 g/mol. The normalized spacial score (nSPS) is 27.6. The SMILES string of the molecule is CC/C(C)=C/C=C/C=C/[C@@H](C)CC(C)C(=O)CC(O)/C(C)=C/CCC[C@H](OC(=O)C1CCCCN1C(=O)C(=O)C1(O)OCCCC1C)[C@H](C)CC1CCCC(OC)C1. The van der Waals surface area contributed by atoms with Crippen LogP contribution in [0.1, 0.15) is 151 Å². The summed E-state index contributed by atoms with van der Waals surface area (Å²) < 4.78 is 17.5. The van der Waals surface area contributed by atoms with Gasteiger partial charge in [0.25, 0.3) is 11.7 Å². The molecule has 3 rings (SSSR count). The van der Waals surface area contributed by atoms with Crippen LogP contribution in [0.15, 0.2) is 47.6 Å². The zero-order chi connectivity index (χ0) is 42.8. The molecule has 2 aliphatic heterocycles. The van der Waals surface area contributed by atoms with Crippen LogP contribution in [0.2, 0.25) is 0 Å². The number of carbonyl (C=O) groups excluding carboxylic acids is 4. The number of carbonyl (C=O) groups is 4. The van der Waals surface area contributed by atoms with Crippen molar-refractivity contribution < 1.29 is 43.6 Å². The van der Waals surface area contributed by atoms with Gasteiger partial charge in [0.15, 0.2) is 0 Å². The maximum atomic E-state index is 14.0. The predicted octanol–water partition coefficient (Wildman–Crippen LogP) is 8.78. The van der Waals surface area contributed by atoms with E-state index in [-0.39, 0.29) is 49.2 Å². The number of hydrogen-bond acceptors (Lipinski definition) is 9. The smallest absolute Gasteiger partial charge is 0.329 e. The summed E-state index contributed by atoms with van der Waals surface area (Å²) in [6, 6.07) is -0.916. The molecule has 7 unspecified atom stereocenters. The van der Waals surface area contributed by atoms with Gasteiger partial charge in [-0.25, -0.2) is 4.79 Å². The molecule has 0 bridgehead atoms. The van der Waals surface area contributed by atoms with Crippen LogP contribution in [0, 0.1) is 29.6 Å². The van der Waals surface area contributed by atoms with Crippen LogP contribution in [0.3, 0.4) is 0 Å². The Kier molecular flexibility index (Phi) is 21.3. The van der Waals surface area contributed by atoms with Crippen molar-refractivity contribution >= 4 is 23.4 Å². The van der Waals surface area contributed by atoms with E-state index >= 15 is 0 Å². The molecular weight excluding hydrogens is 735 g/mol. The van der Waals surface area contributed by atoms with Crippen molar-refractivity contribution in [1.29, 1.82) is 0 Å². The summed E-state index contributed by atoms with van der Waals surface area (Å²) in [6.45, 7) is 14.4. The number of likely N-dealkylation sites (tertiary alicyclic amines) is 1. The Bertz CT molecular complexity index is 1450. The van der Waals surface area contributed by atoms with E-state index in [4.69, 9.17) is 14.2 Å². The molecule has 3 fully saturated rings. The van der Waals surface area contributed by atoms with Crippen LogP contribution in [0.4, 0.5) is 0 Å². The average Bonchev–Trinajstić information content (AvgIpc) is 3.21. The van der Waals surface area contributed by atoms with Gasteiger partial charge in [-0.3, -0.25) is 14.4 Å². The molecule has 1 aliphatic carbocycles. The monoisotopic (exact) mass is 812 g/mol. The molecule has 328 valence electrons. The molecule has 10 atom stereocenters. The third-order valence-corrected chi connectivity index (χ3v) is 13.0. The first kappa shape index (κ1) is 49.4. The fourth-order valence-electron chi connectivity index (χ4n) is 8.74. The Morgan fingerprint density at radius 2 is 1.74 bits per heavy atom. The van der Waals surface area contributed by atoms with E-state index in [9.17, 15) is 29.4 Å². The number of unbranched alkanes of at least 4 members (excludes halogenated alkanes) is 1. The Morgan fingerprint density at radius 3 is 2.45 bits per heavy atom. The number of piperidine rings is 1. The second-order valence-corrected chi connectivity index (χ2v) is 17.8. The number of ketones is 2. The summed E-state index contributed by atoms with van der Waals surface area (Å²) in [7, 11) is 1.76. The summed E-state index contributed by atoms with van der Waals surface area (Å²) in [4.78, 5) is 55.4. The van der Waals surface area contributed by atoms with Gasteiger partial charge in [-0.05, 0) is 121 Å². The highest BCUT2D eigenvalue weighted by atomic mass is 16.6. The molecule has 3 aliphatic rings. The van der Waals surface area contributed by atoms with Crippen molar-refractivity contribution in [2.45, 2.75) is 181 Å². The summed E-state index contributed by atoms with van der Waals surface area (Å²) in [5.41, 5.74) is 2.07. The molecule has 2 N–H and O–H groups in total. The molecule has 1 amide bonds. The molecule has 0 aromatic carbocycles. The van der Waals surface area contributed by atoms with Gasteiger partial charge in [0.2, 0.25) is 5.79 Å². The minimum absolute atomic E-state index is 0.0428. The van der Waals surface area contributed by atoms with E-state index < -0.39 is 47.6 Å². The molecule has 1 saturated carbocycles. The highest BCUT2D eigenvalue weighted by Gasteiger charge is 2.51. The third-order valence-electron chi connectivity index (χ3n) is 13.0. The van der Waals surface area contributed by atoms with E-state index in [1.165, 1.54) is 10.5 Å². The van der Waals surface area contributed by atoms with Gasteiger partial charge >= 0.3 is 5.97 Å².